The number of pyridine rings is 1. The average Bonchev–Trinajstić information content (AvgIpc) is 2.36. The van der Waals surface area contributed by atoms with Gasteiger partial charge in [0.15, 0.2) is 0 Å². The predicted molar refractivity (Wildman–Crippen MR) is 69.7 cm³/mol. The summed E-state index contributed by atoms with van der Waals surface area (Å²) in [5.74, 6) is 0.776. The number of nitrogens with two attached hydrogens (primary N) is 1. The molecule has 17 heavy (non-hydrogen) atoms. The monoisotopic (exact) mass is 232 g/mol. The quantitative estimate of drug-likeness (QED) is 0.816. The first-order valence-electron chi connectivity index (χ1n) is 5.95. The summed E-state index contributed by atoms with van der Waals surface area (Å²) < 4.78 is 0. The molecule has 0 aliphatic rings. The molecule has 0 aromatic carbocycles. The number of hydrogen-bond acceptors (Lipinski definition) is 4. The Balaban J connectivity index is 2.71. The smallest absolute Gasteiger partial charge is 0.126 e. The van der Waals surface area contributed by atoms with E-state index in [1.165, 1.54) is 0 Å². The summed E-state index contributed by atoms with van der Waals surface area (Å²) in [6, 6.07) is 5.70. The maximum atomic E-state index is 8.81. The molecule has 0 aliphatic heterocycles. The summed E-state index contributed by atoms with van der Waals surface area (Å²) in [5, 5.41) is 12.0. The van der Waals surface area contributed by atoms with E-state index in [9.17, 15) is 0 Å². The minimum atomic E-state index is -0.191. The lowest BCUT2D eigenvalue weighted by Gasteiger charge is -2.27. The lowest BCUT2D eigenvalue weighted by Crippen LogP contribution is -2.45. The molecule has 92 valence electrons. The van der Waals surface area contributed by atoms with Crippen molar-refractivity contribution in [3.63, 3.8) is 0 Å². The van der Waals surface area contributed by atoms with E-state index in [1.54, 1.807) is 6.07 Å². The summed E-state index contributed by atoms with van der Waals surface area (Å²) in [6.45, 7) is 6.70. The number of aromatic nitrogens is 1. The van der Waals surface area contributed by atoms with Gasteiger partial charge in [-0.3, -0.25) is 0 Å². The van der Waals surface area contributed by atoms with E-state index in [1.807, 2.05) is 13.0 Å². The maximum absolute atomic E-state index is 8.81. The van der Waals surface area contributed by atoms with E-state index in [4.69, 9.17) is 11.0 Å². The highest BCUT2D eigenvalue weighted by Gasteiger charge is 2.19. The van der Waals surface area contributed by atoms with Crippen molar-refractivity contribution in [3.8, 4) is 6.07 Å². The van der Waals surface area contributed by atoms with Gasteiger partial charge in [-0.2, -0.15) is 5.26 Å². The highest BCUT2D eigenvalue weighted by molar-refractivity contribution is 5.43. The first-order chi connectivity index (χ1) is 8.04. The molecule has 0 fully saturated rings. The van der Waals surface area contributed by atoms with E-state index in [0.717, 1.165) is 24.4 Å². The molecule has 0 radical (unpaired) electrons. The Hall–Kier alpha value is -1.60. The second-order valence-electron chi connectivity index (χ2n) is 4.36. The zero-order valence-electron chi connectivity index (χ0n) is 10.7. The molecule has 0 saturated carbocycles. The number of aryl methyl sites for hydroxylation is 1. The standard InChI is InChI=1S/C13H20N4/c1-4-13(15,5-2)9-16-12-7-6-11(8-14)10(3)17-12/h6-7H,4-5,9,15H2,1-3H3,(H,16,17). The van der Waals surface area contributed by atoms with E-state index in [-0.39, 0.29) is 5.54 Å². The van der Waals surface area contributed by atoms with E-state index in [2.05, 4.69) is 30.2 Å². The van der Waals surface area contributed by atoms with Crippen LogP contribution in [0.25, 0.3) is 0 Å². The minimum absolute atomic E-state index is 0.191. The van der Waals surface area contributed by atoms with Gasteiger partial charge in [-0.1, -0.05) is 13.8 Å². The fraction of sp³-hybridized carbons (Fsp3) is 0.538. The molecule has 0 unspecified atom stereocenters. The number of nitrogens with zero attached hydrogens (tertiary/aromatic N) is 2. The van der Waals surface area contributed by atoms with Crippen molar-refractivity contribution < 1.29 is 0 Å². The second-order valence-corrected chi connectivity index (χ2v) is 4.36. The Bertz CT molecular complexity index is 416. The molecule has 0 bridgehead atoms. The molecule has 4 heteroatoms. The van der Waals surface area contributed by atoms with Gasteiger partial charge in [0.1, 0.15) is 11.9 Å². The predicted octanol–water partition coefficient (Wildman–Crippen LogP) is 2.19. The van der Waals surface area contributed by atoms with Crippen LogP contribution in [0.5, 0.6) is 0 Å². The van der Waals surface area contributed by atoms with Crippen LogP contribution >= 0.6 is 0 Å². The van der Waals surface area contributed by atoms with Gasteiger partial charge in [-0.05, 0) is 31.9 Å². The van der Waals surface area contributed by atoms with Crippen molar-refractivity contribution in [2.24, 2.45) is 5.73 Å². The highest BCUT2D eigenvalue weighted by Crippen LogP contribution is 2.14. The van der Waals surface area contributed by atoms with Gasteiger partial charge in [0, 0.05) is 12.1 Å². The lowest BCUT2D eigenvalue weighted by atomic mass is 9.94. The van der Waals surface area contributed by atoms with Crippen LogP contribution in [-0.2, 0) is 0 Å². The van der Waals surface area contributed by atoms with Crippen molar-refractivity contribution in [2.45, 2.75) is 39.2 Å². The summed E-state index contributed by atoms with van der Waals surface area (Å²) in [6.07, 6.45) is 1.84. The average molecular weight is 232 g/mol. The number of rotatable bonds is 5. The van der Waals surface area contributed by atoms with Crippen molar-refractivity contribution in [3.05, 3.63) is 23.4 Å². The third kappa shape index (κ3) is 3.43. The van der Waals surface area contributed by atoms with Crippen LogP contribution in [0, 0.1) is 18.3 Å². The third-order valence-electron chi connectivity index (χ3n) is 3.24. The fourth-order valence-corrected chi connectivity index (χ4v) is 1.54. The second kappa shape index (κ2) is 5.65. The number of hydrogen-bond donors (Lipinski definition) is 2. The summed E-state index contributed by atoms with van der Waals surface area (Å²) in [4.78, 5) is 4.33. The number of nitrogens with one attached hydrogen (secondary N) is 1. The van der Waals surface area contributed by atoms with Gasteiger partial charge in [-0.15, -0.1) is 0 Å². The van der Waals surface area contributed by atoms with Crippen LogP contribution in [0.3, 0.4) is 0 Å². The SMILES string of the molecule is CCC(N)(CC)CNc1ccc(C#N)c(C)n1. The van der Waals surface area contributed by atoms with Crippen LogP contribution in [-0.4, -0.2) is 17.1 Å². The third-order valence-corrected chi connectivity index (χ3v) is 3.24. The Labute approximate surface area is 103 Å². The largest absolute Gasteiger partial charge is 0.368 e. The molecular formula is C13H20N4. The van der Waals surface area contributed by atoms with Crippen LogP contribution in [0.2, 0.25) is 0 Å². The fourth-order valence-electron chi connectivity index (χ4n) is 1.54. The lowest BCUT2D eigenvalue weighted by molar-refractivity contribution is 0.418. The first-order valence-corrected chi connectivity index (χ1v) is 5.95. The Morgan fingerprint density at radius 3 is 2.53 bits per heavy atom. The van der Waals surface area contributed by atoms with Crippen molar-refractivity contribution >= 4 is 5.82 Å². The molecule has 0 spiro atoms. The number of nitriles is 1. The van der Waals surface area contributed by atoms with Gasteiger partial charge in [0.25, 0.3) is 0 Å². The Kier molecular flexibility index (Phi) is 4.47. The molecule has 1 aromatic rings. The van der Waals surface area contributed by atoms with Crippen LogP contribution < -0.4 is 11.1 Å². The molecule has 1 rings (SSSR count). The van der Waals surface area contributed by atoms with E-state index < -0.39 is 0 Å². The van der Waals surface area contributed by atoms with Crippen molar-refractivity contribution in [1.82, 2.24) is 4.98 Å². The van der Waals surface area contributed by atoms with Crippen LogP contribution in [0.1, 0.15) is 37.9 Å². The summed E-state index contributed by atoms with van der Waals surface area (Å²) in [5.41, 5.74) is 7.36. The van der Waals surface area contributed by atoms with Crippen LogP contribution in [0.4, 0.5) is 5.82 Å². The van der Waals surface area contributed by atoms with Gasteiger partial charge in [0.05, 0.1) is 11.3 Å². The minimum Gasteiger partial charge on any atom is -0.368 e. The van der Waals surface area contributed by atoms with Gasteiger partial charge >= 0.3 is 0 Å². The molecule has 0 atom stereocenters. The molecule has 4 nitrogen and oxygen atoms in total. The Morgan fingerprint density at radius 1 is 1.41 bits per heavy atom. The molecular weight excluding hydrogens is 212 g/mol. The molecule has 0 aliphatic carbocycles. The topological polar surface area (TPSA) is 74.7 Å². The van der Waals surface area contributed by atoms with Crippen molar-refractivity contribution in [2.75, 3.05) is 11.9 Å². The maximum Gasteiger partial charge on any atom is 0.126 e. The van der Waals surface area contributed by atoms with Crippen LogP contribution in [0.15, 0.2) is 12.1 Å². The Morgan fingerprint density at radius 2 is 2.06 bits per heavy atom. The molecule has 0 saturated heterocycles. The van der Waals surface area contributed by atoms with E-state index >= 15 is 0 Å². The zero-order valence-corrected chi connectivity index (χ0v) is 10.7. The normalized spacial score (nSPS) is 11.0. The van der Waals surface area contributed by atoms with Gasteiger partial charge < -0.3 is 11.1 Å². The molecule has 0 amide bonds. The van der Waals surface area contributed by atoms with Gasteiger partial charge in [0.2, 0.25) is 0 Å². The number of anilines is 1. The molecule has 1 aromatic heterocycles. The van der Waals surface area contributed by atoms with Crippen molar-refractivity contribution in [1.29, 1.82) is 5.26 Å². The first kappa shape index (κ1) is 13.5. The molecule has 3 N–H and O–H groups in total. The van der Waals surface area contributed by atoms with E-state index in [0.29, 0.717) is 12.1 Å². The summed E-state index contributed by atoms with van der Waals surface area (Å²) in [7, 11) is 0. The highest BCUT2D eigenvalue weighted by atomic mass is 15.0. The molecule has 1 heterocycles. The summed E-state index contributed by atoms with van der Waals surface area (Å²) >= 11 is 0. The van der Waals surface area contributed by atoms with Gasteiger partial charge in [-0.25, -0.2) is 4.98 Å². The zero-order chi connectivity index (χ0) is 12.9.